The number of fused-ring (bicyclic) bond motifs is 2. The normalized spacial score (nSPS) is 10.8. The van der Waals surface area contributed by atoms with Gasteiger partial charge < -0.3 is 10.2 Å². The number of benzene rings is 3. The van der Waals surface area contributed by atoms with E-state index in [0.29, 0.717) is 10.0 Å². The van der Waals surface area contributed by atoms with Crippen molar-refractivity contribution in [1.29, 1.82) is 0 Å². The molecule has 2 heterocycles. The van der Waals surface area contributed by atoms with Crippen molar-refractivity contribution in [2.45, 2.75) is 13.2 Å². The lowest BCUT2D eigenvalue weighted by Gasteiger charge is -2.09. The van der Waals surface area contributed by atoms with E-state index in [2.05, 4.69) is 25.9 Å². The molecule has 3 aromatic carbocycles. The molecule has 0 spiro atoms. The van der Waals surface area contributed by atoms with Crippen LogP contribution in [-0.2, 0) is 13.2 Å². The Hall–Kier alpha value is -2.54. The van der Waals surface area contributed by atoms with E-state index in [1.54, 1.807) is 24.7 Å². The molecule has 166 valence electrons. The summed E-state index contributed by atoms with van der Waals surface area (Å²) in [7, 11) is 0. The second-order valence-corrected chi connectivity index (χ2v) is 8.99. The van der Waals surface area contributed by atoms with Crippen LogP contribution in [0.25, 0.3) is 32.7 Å². The first kappa shape index (κ1) is 23.6. The Labute approximate surface area is 209 Å². The molecule has 5 rings (SSSR count). The summed E-state index contributed by atoms with van der Waals surface area (Å²) in [6, 6.07) is 17.5. The number of hydrogen-bond acceptors (Lipinski definition) is 4. The van der Waals surface area contributed by atoms with Crippen LogP contribution in [0.5, 0.6) is 0 Å². The van der Waals surface area contributed by atoms with Crippen LogP contribution < -0.4 is 0 Å². The van der Waals surface area contributed by atoms with Crippen molar-refractivity contribution in [3.05, 3.63) is 105 Å². The lowest BCUT2D eigenvalue weighted by atomic mass is 9.99. The molecule has 0 aliphatic carbocycles. The maximum Gasteiger partial charge on any atom is 0.0696 e. The number of pyridine rings is 2. The number of aromatic nitrogens is 2. The fourth-order valence-electron chi connectivity index (χ4n) is 3.52. The highest BCUT2D eigenvalue weighted by molar-refractivity contribution is 9.10. The molecule has 0 radical (unpaired) electrons. The second-order valence-electron chi connectivity index (χ2n) is 7.32. The van der Waals surface area contributed by atoms with Gasteiger partial charge in [0.15, 0.2) is 0 Å². The maximum absolute atomic E-state index is 9.34. The van der Waals surface area contributed by atoms with Crippen LogP contribution in [0.1, 0.15) is 11.1 Å². The highest BCUT2D eigenvalue weighted by Gasteiger charge is 2.08. The molecule has 0 saturated carbocycles. The van der Waals surface area contributed by atoms with Crippen LogP contribution in [0.4, 0.5) is 0 Å². The first-order valence-electron chi connectivity index (χ1n) is 10.1. The van der Waals surface area contributed by atoms with Crippen LogP contribution in [0.3, 0.4) is 0 Å². The summed E-state index contributed by atoms with van der Waals surface area (Å²) in [6.45, 7) is -0.116. The summed E-state index contributed by atoms with van der Waals surface area (Å²) in [5.41, 5.74) is 3.61. The Morgan fingerprint density at radius 3 is 1.85 bits per heavy atom. The number of aliphatic hydroxyl groups is 2. The van der Waals surface area contributed by atoms with Crippen molar-refractivity contribution in [1.82, 2.24) is 9.97 Å². The second kappa shape index (κ2) is 10.6. The Bertz CT molecular complexity index is 1430. The van der Waals surface area contributed by atoms with Crippen LogP contribution in [0.15, 0.2) is 83.9 Å². The number of rotatable bonds is 3. The van der Waals surface area contributed by atoms with Gasteiger partial charge in [-0.15, -0.1) is 0 Å². The standard InChI is InChI=1S/C16H12ClNO.C10H7BrClNO/c17-16-7-12-8-18-9-15(11-4-2-1-3-5-11)14(12)6-13(16)10-19;11-9-4-13-3-6-2-10(12)7(5-14)1-8(6)9/h1-9,19H,10H2;1-4,14H,5H2. The zero-order chi connectivity index (χ0) is 23.4. The van der Waals surface area contributed by atoms with Crippen molar-refractivity contribution >= 4 is 60.7 Å². The molecule has 5 aromatic rings. The van der Waals surface area contributed by atoms with Gasteiger partial charge in [-0.05, 0) is 67.7 Å². The monoisotopic (exact) mass is 540 g/mol. The summed E-state index contributed by atoms with van der Waals surface area (Å²) in [6.07, 6.45) is 7.09. The van der Waals surface area contributed by atoms with Gasteiger partial charge >= 0.3 is 0 Å². The Morgan fingerprint density at radius 1 is 0.697 bits per heavy atom. The van der Waals surface area contributed by atoms with Crippen LogP contribution in [0.2, 0.25) is 10.0 Å². The van der Waals surface area contributed by atoms with Gasteiger partial charge in [-0.3, -0.25) is 9.97 Å². The zero-order valence-corrected chi connectivity index (χ0v) is 20.4. The van der Waals surface area contributed by atoms with E-state index in [1.165, 1.54) is 0 Å². The molecule has 0 aliphatic rings. The molecular formula is C26H19BrCl2N2O2. The predicted octanol–water partition coefficient (Wildman–Crippen LogP) is 7.19. The summed E-state index contributed by atoms with van der Waals surface area (Å²) < 4.78 is 0.904. The fraction of sp³-hybridized carbons (Fsp3) is 0.0769. The third-order valence-electron chi connectivity index (χ3n) is 5.23. The maximum atomic E-state index is 9.34. The van der Waals surface area contributed by atoms with Gasteiger partial charge in [0.05, 0.1) is 13.2 Å². The van der Waals surface area contributed by atoms with Crippen molar-refractivity contribution in [3.8, 4) is 11.1 Å². The molecule has 0 atom stereocenters. The van der Waals surface area contributed by atoms with Gasteiger partial charge in [0.2, 0.25) is 0 Å². The van der Waals surface area contributed by atoms with E-state index in [9.17, 15) is 5.11 Å². The quantitative estimate of drug-likeness (QED) is 0.253. The first-order chi connectivity index (χ1) is 16.0. The number of aliphatic hydroxyl groups excluding tert-OH is 2. The van der Waals surface area contributed by atoms with Crippen molar-refractivity contribution in [2.75, 3.05) is 0 Å². The van der Waals surface area contributed by atoms with Crippen LogP contribution in [-0.4, -0.2) is 20.2 Å². The Kier molecular flexibility index (Phi) is 7.58. The van der Waals surface area contributed by atoms with E-state index in [4.69, 9.17) is 28.3 Å². The molecule has 0 unspecified atom stereocenters. The number of halogens is 3. The third-order valence-corrected chi connectivity index (χ3v) is 6.56. The fourth-order valence-corrected chi connectivity index (χ4v) is 4.45. The highest BCUT2D eigenvalue weighted by Crippen LogP contribution is 2.31. The molecular weight excluding hydrogens is 523 g/mol. The van der Waals surface area contributed by atoms with Gasteiger partial charge in [0.1, 0.15) is 0 Å². The van der Waals surface area contributed by atoms with Crippen LogP contribution in [0, 0.1) is 0 Å². The topological polar surface area (TPSA) is 66.2 Å². The average Bonchev–Trinajstić information content (AvgIpc) is 2.84. The molecule has 0 saturated heterocycles. The van der Waals surface area contributed by atoms with Gasteiger partial charge in [0.25, 0.3) is 0 Å². The molecule has 0 aliphatic heterocycles. The largest absolute Gasteiger partial charge is 0.392 e. The van der Waals surface area contributed by atoms with Crippen molar-refractivity contribution in [2.24, 2.45) is 0 Å². The highest BCUT2D eigenvalue weighted by atomic mass is 79.9. The summed E-state index contributed by atoms with van der Waals surface area (Å²) in [5, 5.41) is 23.5. The van der Waals surface area contributed by atoms with Gasteiger partial charge in [-0.25, -0.2) is 0 Å². The molecule has 0 bridgehead atoms. The third kappa shape index (κ3) is 5.18. The smallest absolute Gasteiger partial charge is 0.0696 e. The number of nitrogens with zero attached hydrogens (tertiary/aromatic N) is 2. The minimum atomic E-state index is -0.0642. The molecule has 2 aromatic heterocycles. The molecule has 2 N–H and O–H groups in total. The van der Waals surface area contributed by atoms with Crippen molar-refractivity contribution in [3.63, 3.8) is 0 Å². The summed E-state index contributed by atoms with van der Waals surface area (Å²) >= 11 is 15.5. The Balaban J connectivity index is 0.000000165. The Morgan fingerprint density at radius 2 is 1.24 bits per heavy atom. The van der Waals surface area contributed by atoms with Gasteiger partial charge in [-0.2, -0.15) is 0 Å². The summed E-state index contributed by atoms with van der Waals surface area (Å²) in [4.78, 5) is 8.31. The van der Waals surface area contributed by atoms with Gasteiger partial charge in [0, 0.05) is 55.6 Å². The molecule has 7 heteroatoms. The first-order valence-corrected chi connectivity index (χ1v) is 11.6. The molecule has 0 amide bonds. The van der Waals surface area contributed by atoms with E-state index in [1.807, 2.05) is 54.7 Å². The van der Waals surface area contributed by atoms with Gasteiger partial charge in [-0.1, -0.05) is 53.5 Å². The van der Waals surface area contributed by atoms with E-state index in [-0.39, 0.29) is 13.2 Å². The van der Waals surface area contributed by atoms with E-state index >= 15 is 0 Å². The predicted molar refractivity (Wildman–Crippen MR) is 138 cm³/mol. The minimum Gasteiger partial charge on any atom is -0.392 e. The molecule has 0 fully saturated rings. The van der Waals surface area contributed by atoms with Crippen molar-refractivity contribution < 1.29 is 10.2 Å². The zero-order valence-electron chi connectivity index (χ0n) is 17.3. The van der Waals surface area contributed by atoms with E-state index in [0.717, 1.165) is 48.3 Å². The van der Waals surface area contributed by atoms with E-state index < -0.39 is 0 Å². The lowest BCUT2D eigenvalue weighted by Crippen LogP contribution is -1.89. The molecule has 4 nitrogen and oxygen atoms in total. The molecule has 33 heavy (non-hydrogen) atoms. The minimum absolute atomic E-state index is 0.0520. The SMILES string of the molecule is OCc1cc2c(-c3ccccc3)cncc2cc1Cl.OCc1cc2c(Br)cncc2cc1Cl. The summed E-state index contributed by atoms with van der Waals surface area (Å²) in [5.74, 6) is 0. The van der Waals surface area contributed by atoms with Crippen LogP contribution >= 0.6 is 39.1 Å². The lowest BCUT2D eigenvalue weighted by molar-refractivity contribution is 0.282. The average molecular weight is 542 g/mol. The number of hydrogen-bond donors (Lipinski definition) is 2.